The first-order valence-corrected chi connectivity index (χ1v) is 18.0. The van der Waals surface area contributed by atoms with Crippen LogP contribution in [0.2, 0.25) is 0 Å². The average molecular weight is 684 g/mol. The first-order valence-electron chi connectivity index (χ1n) is 17.2. The molecule has 0 saturated heterocycles. The fraction of sp³-hybridized carbons (Fsp3) is 0. The Balaban J connectivity index is 1.04. The van der Waals surface area contributed by atoms with Crippen LogP contribution in [0.1, 0.15) is 0 Å². The molecule has 52 heavy (non-hydrogen) atoms. The lowest BCUT2D eigenvalue weighted by molar-refractivity contribution is 1.23. The van der Waals surface area contributed by atoms with Crippen molar-refractivity contribution in [3.8, 4) is 33.5 Å². The molecule has 0 radical (unpaired) electrons. The van der Waals surface area contributed by atoms with E-state index >= 15 is 0 Å². The quantitative estimate of drug-likeness (QED) is 0.175. The number of anilines is 3. The zero-order valence-corrected chi connectivity index (χ0v) is 28.7. The molecule has 10 rings (SSSR count). The summed E-state index contributed by atoms with van der Waals surface area (Å²) in [6.07, 6.45) is 9.19. The van der Waals surface area contributed by atoms with Crippen molar-refractivity contribution in [2.75, 3.05) is 4.90 Å². The van der Waals surface area contributed by atoms with E-state index in [2.05, 4.69) is 153 Å². The van der Waals surface area contributed by atoms with Crippen molar-refractivity contribution in [1.82, 2.24) is 19.9 Å². The monoisotopic (exact) mass is 683 g/mol. The van der Waals surface area contributed by atoms with Gasteiger partial charge in [0.2, 0.25) is 0 Å². The third kappa shape index (κ3) is 5.34. The number of thiophene rings is 1. The van der Waals surface area contributed by atoms with Crippen LogP contribution in [0.3, 0.4) is 0 Å². The molecule has 0 saturated carbocycles. The van der Waals surface area contributed by atoms with Crippen LogP contribution in [0.4, 0.5) is 17.1 Å². The highest BCUT2D eigenvalue weighted by atomic mass is 32.1. The van der Waals surface area contributed by atoms with Gasteiger partial charge in [0.05, 0.1) is 5.69 Å². The lowest BCUT2D eigenvalue weighted by atomic mass is 10.0. The molecule has 0 amide bonds. The summed E-state index contributed by atoms with van der Waals surface area (Å²) in [5.41, 5.74) is 9.83. The Morgan fingerprint density at radius 3 is 1.54 bits per heavy atom. The predicted molar refractivity (Wildman–Crippen MR) is 217 cm³/mol. The smallest absolute Gasteiger partial charge is 0.128 e. The van der Waals surface area contributed by atoms with Crippen molar-refractivity contribution in [2.45, 2.75) is 0 Å². The van der Waals surface area contributed by atoms with Crippen LogP contribution in [0.25, 0.3) is 75.4 Å². The molecule has 0 aliphatic heterocycles. The van der Waals surface area contributed by atoms with Gasteiger partial charge in [-0.25, -0.2) is 9.97 Å². The highest BCUT2D eigenvalue weighted by molar-refractivity contribution is 7.25. The molecule has 0 fully saturated rings. The van der Waals surface area contributed by atoms with Gasteiger partial charge in [0.15, 0.2) is 0 Å². The fourth-order valence-electron chi connectivity index (χ4n) is 7.13. The van der Waals surface area contributed by atoms with Crippen LogP contribution >= 0.6 is 11.3 Å². The number of nitrogens with zero attached hydrogens (tertiary/aromatic N) is 5. The highest BCUT2D eigenvalue weighted by Gasteiger charge is 2.17. The molecular weight excluding hydrogens is 655 g/mol. The third-order valence-corrected chi connectivity index (χ3v) is 10.9. The number of hydrogen-bond donors (Lipinski definition) is 0. The van der Waals surface area contributed by atoms with E-state index < -0.39 is 0 Å². The number of fused-ring (bicyclic) bond motifs is 5. The molecule has 5 nitrogen and oxygen atoms in total. The number of benzene rings is 6. The minimum Gasteiger partial charge on any atom is -0.311 e. The van der Waals surface area contributed by atoms with Gasteiger partial charge in [0.25, 0.3) is 0 Å². The first kappa shape index (κ1) is 30.1. The van der Waals surface area contributed by atoms with Gasteiger partial charge in [0, 0.05) is 73.7 Å². The summed E-state index contributed by atoms with van der Waals surface area (Å²) in [4.78, 5) is 21.4. The fourth-order valence-corrected chi connectivity index (χ4v) is 8.17. The maximum Gasteiger partial charge on any atom is 0.128 e. The Bertz CT molecular complexity index is 2780. The summed E-state index contributed by atoms with van der Waals surface area (Å²) in [6.45, 7) is 0. The van der Waals surface area contributed by atoms with Crippen LogP contribution in [-0.2, 0) is 0 Å². The molecule has 0 atom stereocenters. The molecule has 6 heteroatoms. The van der Waals surface area contributed by atoms with Crippen LogP contribution in [0.5, 0.6) is 0 Å². The minimum atomic E-state index is 0.949. The summed E-state index contributed by atoms with van der Waals surface area (Å²) in [5.74, 6) is 0. The van der Waals surface area contributed by atoms with E-state index in [4.69, 9.17) is 4.98 Å². The van der Waals surface area contributed by atoms with Crippen LogP contribution in [-0.4, -0.2) is 19.9 Å². The molecule has 0 aliphatic rings. The van der Waals surface area contributed by atoms with Crippen molar-refractivity contribution < 1.29 is 0 Å². The zero-order valence-electron chi connectivity index (χ0n) is 27.9. The van der Waals surface area contributed by atoms with E-state index in [-0.39, 0.29) is 0 Å². The van der Waals surface area contributed by atoms with Gasteiger partial charge in [0.1, 0.15) is 11.2 Å². The van der Waals surface area contributed by atoms with Gasteiger partial charge >= 0.3 is 0 Å². The van der Waals surface area contributed by atoms with E-state index in [9.17, 15) is 0 Å². The lowest BCUT2D eigenvalue weighted by Gasteiger charge is -2.26. The summed E-state index contributed by atoms with van der Waals surface area (Å²) < 4.78 is 1.22. The van der Waals surface area contributed by atoms with E-state index in [0.717, 1.165) is 71.6 Å². The molecule has 4 aromatic heterocycles. The molecule has 0 bridgehead atoms. The summed E-state index contributed by atoms with van der Waals surface area (Å²) in [5, 5.41) is 6.92. The normalized spacial score (nSPS) is 11.5. The number of pyridine rings is 2. The predicted octanol–water partition coefficient (Wildman–Crippen LogP) is 12.4. The van der Waals surface area contributed by atoms with E-state index in [1.165, 1.54) is 20.9 Å². The molecule has 0 unspecified atom stereocenters. The van der Waals surface area contributed by atoms with Crippen LogP contribution < -0.4 is 4.90 Å². The number of hydrogen-bond acceptors (Lipinski definition) is 6. The lowest BCUT2D eigenvalue weighted by Crippen LogP contribution is -2.09. The number of aromatic nitrogens is 4. The van der Waals surface area contributed by atoms with E-state index in [1.54, 1.807) is 17.7 Å². The first-order chi connectivity index (χ1) is 25.7. The molecule has 0 N–H and O–H groups in total. The maximum absolute atomic E-state index is 4.78. The van der Waals surface area contributed by atoms with E-state index in [0.29, 0.717) is 0 Å². The Morgan fingerprint density at radius 2 is 0.962 bits per heavy atom. The Labute approximate surface area is 304 Å². The van der Waals surface area contributed by atoms with Gasteiger partial charge in [-0.2, -0.15) is 0 Å². The van der Waals surface area contributed by atoms with Crippen molar-refractivity contribution in [2.24, 2.45) is 0 Å². The molecular formula is C46H29N5S. The van der Waals surface area contributed by atoms with Crippen LogP contribution in [0, 0.1) is 0 Å². The Morgan fingerprint density at radius 1 is 0.442 bits per heavy atom. The largest absolute Gasteiger partial charge is 0.311 e. The molecule has 10 aromatic rings. The second-order valence-electron chi connectivity index (χ2n) is 12.9. The standard InChI is InChI=1S/C46H29N5S/c1-2-4-43-42(3-1)44-45(49-29-50-46(44)52-43)34-13-19-41(20-14-34)51(39-15-9-30(10-16-39)35-7-5-32-21-23-47-27-37(32)25-35)40-17-11-31(12-18-40)36-8-6-33-22-24-48-28-38(33)26-36/h1-29H. The summed E-state index contributed by atoms with van der Waals surface area (Å²) >= 11 is 1.71. The Hall–Kier alpha value is -6.76. The van der Waals surface area contributed by atoms with Crippen LogP contribution in [0.15, 0.2) is 177 Å². The second kappa shape index (κ2) is 12.5. The number of rotatable bonds is 6. The highest BCUT2D eigenvalue weighted by Crippen LogP contribution is 2.41. The van der Waals surface area contributed by atoms with Crippen molar-refractivity contribution in [1.29, 1.82) is 0 Å². The van der Waals surface area contributed by atoms with Gasteiger partial charge in [-0.05, 0) is 99.8 Å². The van der Waals surface area contributed by atoms with Crippen molar-refractivity contribution >= 4 is 70.2 Å². The van der Waals surface area contributed by atoms with Crippen molar-refractivity contribution in [3.05, 3.63) is 177 Å². The second-order valence-corrected chi connectivity index (χ2v) is 13.9. The minimum absolute atomic E-state index is 0.949. The molecule has 0 aliphatic carbocycles. The van der Waals surface area contributed by atoms with E-state index in [1.807, 2.05) is 36.9 Å². The third-order valence-electron chi connectivity index (χ3n) is 9.77. The molecule has 0 spiro atoms. The van der Waals surface area contributed by atoms with Gasteiger partial charge in [-0.3, -0.25) is 9.97 Å². The SMILES string of the molecule is c1ccc2c(c1)sc1ncnc(-c3ccc(N(c4ccc(-c5ccc6ccncc6c5)cc4)c4ccc(-c5ccc6ccncc6c5)cc4)cc3)c12. The molecule has 4 heterocycles. The summed E-state index contributed by atoms with van der Waals surface area (Å²) in [6, 6.07) is 52.0. The average Bonchev–Trinajstić information content (AvgIpc) is 3.61. The summed E-state index contributed by atoms with van der Waals surface area (Å²) in [7, 11) is 0. The topological polar surface area (TPSA) is 54.8 Å². The van der Waals surface area contributed by atoms with Crippen molar-refractivity contribution in [3.63, 3.8) is 0 Å². The maximum atomic E-state index is 4.78. The Kier molecular flexibility index (Phi) is 7.25. The van der Waals surface area contributed by atoms with Gasteiger partial charge in [-0.1, -0.05) is 78.9 Å². The molecule has 244 valence electrons. The van der Waals surface area contributed by atoms with Gasteiger partial charge < -0.3 is 4.90 Å². The van der Waals surface area contributed by atoms with Gasteiger partial charge in [-0.15, -0.1) is 11.3 Å². The molecule has 6 aromatic carbocycles. The zero-order chi connectivity index (χ0) is 34.4.